The summed E-state index contributed by atoms with van der Waals surface area (Å²) in [4.78, 5) is 0. The summed E-state index contributed by atoms with van der Waals surface area (Å²) in [6, 6.07) is 11.0. The molecular formula is C10H11. The summed E-state index contributed by atoms with van der Waals surface area (Å²) in [5.41, 5.74) is 1.23. The van der Waals surface area contributed by atoms with E-state index in [2.05, 4.69) is 31.2 Å². The number of hydrogen-bond acceptors (Lipinski definition) is 0. The molecule has 0 heteroatoms. The number of benzene rings is 1. The van der Waals surface area contributed by atoms with Crippen LogP contribution in [0.2, 0.25) is 0 Å². The van der Waals surface area contributed by atoms with E-state index < -0.39 is 0 Å². The first-order chi connectivity index (χ1) is 4.93. The highest BCUT2D eigenvalue weighted by Gasteiger charge is 1.79. The van der Waals surface area contributed by atoms with E-state index in [9.17, 15) is 0 Å². The zero-order valence-electron chi connectivity index (χ0n) is 6.17. The Morgan fingerprint density at radius 3 is 3.10 bits per heavy atom. The largest absolute Gasteiger partial charge is 0.0842 e. The Hall–Kier alpha value is -1.04. The first-order valence-corrected chi connectivity index (χ1v) is 3.56. The fraction of sp³-hybridized carbons (Fsp3) is 0.200. The predicted molar refractivity (Wildman–Crippen MR) is 44.6 cm³/mol. The molecule has 0 aliphatic rings. The maximum atomic E-state index is 3.02. The molecule has 10 heavy (non-hydrogen) atoms. The van der Waals surface area contributed by atoms with Crippen molar-refractivity contribution in [2.45, 2.75) is 13.3 Å². The van der Waals surface area contributed by atoms with Crippen molar-refractivity contribution in [2.24, 2.45) is 0 Å². The average molecular weight is 131 g/mol. The van der Waals surface area contributed by atoms with Gasteiger partial charge in [0.15, 0.2) is 0 Å². The molecule has 0 spiro atoms. The minimum atomic E-state index is 1.09. The van der Waals surface area contributed by atoms with Crippen molar-refractivity contribution in [2.75, 3.05) is 0 Å². The predicted octanol–water partition coefficient (Wildman–Crippen LogP) is 2.91. The van der Waals surface area contributed by atoms with Gasteiger partial charge in [-0.2, -0.15) is 0 Å². The zero-order valence-corrected chi connectivity index (χ0v) is 6.17. The lowest BCUT2D eigenvalue weighted by Gasteiger charge is -1.87. The Labute approximate surface area is 62.2 Å². The van der Waals surface area contributed by atoms with E-state index in [1.165, 1.54) is 5.56 Å². The molecule has 0 bridgehead atoms. The van der Waals surface area contributed by atoms with Crippen LogP contribution in [0.15, 0.2) is 30.3 Å². The highest BCUT2D eigenvalue weighted by Crippen LogP contribution is 2.00. The van der Waals surface area contributed by atoms with Crippen LogP contribution in [0, 0.1) is 6.07 Å². The van der Waals surface area contributed by atoms with Crippen LogP contribution in [0.5, 0.6) is 0 Å². The molecule has 1 aromatic carbocycles. The molecule has 0 saturated heterocycles. The third-order valence-electron chi connectivity index (χ3n) is 1.28. The van der Waals surface area contributed by atoms with Gasteiger partial charge >= 0.3 is 0 Å². The Morgan fingerprint density at radius 1 is 1.60 bits per heavy atom. The lowest BCUT2D eigenvalue weighted by molar-refractivity contribution is 1.23. The molecule has 0 aliphatic carbocycles. The first kappa shape index (κ1) is 7.07. The maximum absolute atomic E-state index is 3.02. The second-order valence-electron chi connectivity index (χ2n) is 2.15. The standard InChI is InChI=1S/C10H11/c1-2-3-7-10-8-5-4-6-9-10/h3-5,7-9H,2H2,1H3. The first-order valence-electron chi connectivity index (χ1n) is 3.56. The zero-order chi connectivity index (χ0) is 7.23. The fourth-order valence-electron chi connectivity index (χ4n) is 0.765. The molecule has 0 saturated carbocycles. The molecule has 0 aromatic heterocycles. The molecule has 0 atom stereocenters. The van der Waals surface area contributed by atoms with Gasteiger partial charge in [-0.05, 0) is 24.1 Å². The monoisotopic (exact) mass is 131 g/mol. The lowest BCUT2D eigenvalue weighted by atomic mass is 10.2. The summed E-state index contributed by atoms with van der Waals surface area (Å²) >= 11 is 0. The molecule has 0 heterocycles. The summed E-state index contributed by atoms with van der Waals surface area (Å²) in [6.07, 6.45) is 5.34. The lowest BCUT2D eigenvalue weighted by Crippen LogP contribution is -1.67. The highest BCUT2D eigenvalue weighted by atomic mass is 13.8. The van der Waals surface area contributed by atoms with Crippen molar-refractivity contribution >= 4 is 6.08 Å². The van der Waals surface area contributed by atoms with Gasteiger partial charge in [-0.3, -0.25) is 0 Å². The summed E-state index contributed by atoms with van der Waals surface area (Å²) in [5.74, 6) is 0. The third-order valence-corrected chi connectivity index (χ3v) is 1.28. The van der Waals surface area contributed by atoms with Crippen LogP contribution in [0.3, 0.4) is 0 Å². The summed E-state index contributed by atoms with van der Waals surface area (Å²) in [6.45, 7) is 2.13. The van der Waals surface area contributed by atoms with E-state index in [0.29, 0.717) is 0 Å². The molecule has 0 amide bonds. The minimum absolute atomic E-state index is 1.09. The molecule has 0 fully saturated rings. The number of allylic oxidation sites excluding steroid dienone is 1. The van der Waals surface area contributed by atoms with Gasteiger partial charge in [0.2, 0.25) is 0 Å². The van der Waals surface area contributed by atoms with Gasteiger partial charge in [-0.25, -0.2) is 0 Å². The molecule has 0 aliphatic heterocycles. The normalized spacial score (nSPS) is 10.5. The van der Waals surface area contributed by atoms with Gasteiger partial charge < -0.3 is 0 Å². The van der Waals surface area contributed by atoms with E-state index in [1.54, 1.807) is 0 Å². The van der Waals surface area contributed by atoms with Crippen molar-refractivity contribution in [3.05, 3.63) is 42.0 Å². The second kappa shape index (κ2) is 3.89. The van der Waals surface area contributed by atoms with Gasteiger partial charge in [0.05, 0.1) is 0 Å². The number of rotatable bonds is 2. The van der Waals surface area contributed by atoms with Crippen LogP contribution in [-0.2, 0) is 0 Å². The molecule has 0 N–H and O–H groups in total. The Balaban J connectivity index is 2.67. The summed E-state index contributed by atoms with van der Waals surface area (Å²) in [5, 5.41) is 0. The molecule has 1 aromatic rings. The van der Waals surface area contributed by atoms with Crippen LogP contribution in [0.25, 0.3) is 6.08 Å². The quantitative estimate of drug-likeness (QED) is 0.579. The smallest absolute Gasteiger partial charge is 0.0178 e. The summed E-state index contributed by atoms with van der Waals surface area (Å²) in [7, 11) is 0. The molecule has 0 unspecified atom stereocenters. The summed E-state index contributed by atoms with van der Waals surface area (Å²) < 4.78 is 0. The molecular weight excluding hydrogens is 120 g/mol. The maximum Gasteiger partial charge on any atom is -0.0178 e. The average Bonchev–Trinajstić information content (AvgIpc) is 2.03. The van der Waals surface area contributed by atoms with Crippen LogP contribution >= 0.6 is 0 Å². The van der Waals surface area contributed by atoms with Crippen LogP contribution < -0.4 is 0 Å². The van der Waals surface area contributed by atoms with Gasteiger partial charge in [-0.1, -0.05) is 37.3 Å². The molecule has 1 radical (unpaired) electrons. The SMILES string of the molecule is CCC=Cc1c[c]ccc1. The van der Waals surface area contributed by atoms with Crippen molar-refractivity contribution in [3.8, 4) is 0 Å². The fourth-order valence-corrected chi connectivity index (χ4v) is 0.765. The van der Waals surface area contributed by atoms with E-state index in [-0.39, 0.29) is 0 Å². The molecule has 1 rings (SSSR count). The van der Waals surface area contributed by atoms with Crippen LogP contribution in [-0.4, -0.2) is 0 Å². The van der Waals surface area contributed by atoms with Crippen molar-refractivity contribution in [1.29, 1.82) is 0 Å². The van der Waals surface area contributed by atoms with E-state index in [4.69, 9.17) is 0 Å². The van der Waals surface area contributed by atoms with E-state index in [1.807, 2.05) is 18.2 Å². The van der Waals surface area contributed by atoms with E-state index >= 15 is 0 Å². The van der Waals surface area contributed by atoms with Gasteiger partial charge in [0, 0.05) is 0 Å². The van der Waals surface area contributed by atoms with Crippen LogP contribution in [0.1, 0.15) is 18.9 Å². The van der Waals surface area contributed by atoms with Gasteiger partial charge in [-0.15, -0.1) is 0 Å². The molecule has 0 nitrogen and oxygen atoms in total. The Kier molecular flexibility index (Phi) is 2.75. The number of hydrogen-bond donors (Lipinski definition) is 0. The van der Waals surface area contributed by atoms with Crippen molar-refractivity contribution in [3.63, 3.8) is 0 Å². The van der Waals surface area contributed by atoms with Crippen molar-refractivity contribution < 1.29 is 0 Å². The van der Waals surface area contributed by atoms with Gasteiger partial charge in [0.1, 0.15) is 0 Å². The highest BCUT2D eigenvalue weighted by molar-refractivity contribution is 5.48. The second-order valence-corrected chi connectivity index (χ2v) is 2.15. The topological polar surface area (TPSA) is 0 Å². The van der Waals surface area contributed by atoms with Gasteiger partial charge in [0.25, 0.3) is 0 Å². The molecule has 51 valence electrons. The third kappa shape index (κ3) is 2.06. The Morgan fingerprint density at radius 2 is 2.50 bits per heavy atom. The van der Waals surface area contributed by atoms with Crippen LogP contribution in [0.4, 0.5) is 0 Å². The minimum Gasteiger partial charge on any atom is -0.0842 e. The van der Waals surface area contributed by atoms with Crippen molar-refractivity contribution in [1.82, 2.24) is 0 Å². The Bertz CT molecular complexity index is 197. The van der Waals surface area contributed by atoms with E-state index in [0.717, 1.165) is 6.42 Å².